The molecule has 10 nitrogen and oxygen atoms in total. The first-order valence-corrected chi connectivity index (χ1v) is 10.3. The van der Waals surface area contributed by atoms with Crippen molar-refractivity contribution >= 4 is 17.2 Å². The van der Waals surface area contributed by atoms with Gasteiger partial charge in [0.15, 0.2) is 17.3 Å². The summed E-state index contributed by atoms with van der Waals surface area (Å²) in [5.41, 5.74) is 9.59. The molecule has 0 aromatic carbocycles. The molecule has 4 aromatic heterocycles. The number of nitrogens with zero attached hydrogens (tertiary/aromatic N) is 5. The van der Waals surface area contributed by atoms with Crippen molar-refractivity contribution in [2.45, 2.75) is 25.9 Å². The van der Waals surface area contributed by atoms with Gasteiger partial charge in [-0.25, -0.2) is 19.9 Å². The third-order valence-electron chi connectivity index (χ3n) is 5.36. The van der Waals surface area contributed by atoms with E-state index in [2.05, 4.69) is 19.9 Å². The van der Waals surface area contributed by atoms with Crippen LogP contribution in [0.3, 0.4) is 0 Å². The van der Waals surface area contributed by atoms with Gasteiger partial charge in [0.2, 0.25) is 5.89 Å². The quantitative estimate of drug-likeness (QED) is 0.455. The van der Waals surface area contributed by atoms with Crippen molar-refractivity contribution in [3.63, 3.8) is 0 Å². The first-order valence-electron chi connectivity index (χ1n) is 10.3. The number of pyridine rings is 1. The third kappa shape index (κ3) is 3.85. The van der Waals surface area contributed by atoms with E-state index in [-0.39, 0.29) is 35.7 Å². The largest absolute Gasteiger partial charge is 0.443 e. The Morgan fingerprint density at radius 1 is 1.22 bits per heavy atom. The molecule has 1 atom stereocenters. The molecule has 1 saturated heterocycles. The molecule has 5 rings (SSSR count). The molecule has 0 aliphatic carbocycles. The predicted molar refractivity (Wildman–Crippen MR) is 115 cm³/mol. The molecule has 1 aliphatic heterocycles. The van der Waals surface area contributed by atoms with Crippen LogP contribution in [0, 0.1) is 6.92 Å². The van der Waals surface area contributed by atoms with E-state index in [0.29, 0.717) is 37.6 Å². The van der Waals surface area contributed by atoms with Crippen molar-refractivity contribution in [1.82, 2.24) is 24.3 Å². The summed E-state index contributed by atoms with van der Waals surface area (Å²) >= 11 is 0. The van der Waals surface area contributed by atoms with Gasteiger partial charge < -0.3 is 24.0 Å². The lowest BCUT2D eigenvalue weighted by Crippen LogP contribution is -2.29. The van der Waals surface area contributed by atoms with Crippen LogP contribution in [0.25, 0.3) is 28.5 Å². The molecule has 0 spiro atoms. The maximum absolute atomic E-state index is 13.0. The van der Waals surface area contributed by atoms with Crippen LogP contribution in [0.15, 0.2) is 41.4 Å². The summed E-state index contributed by atoms with van der Waals surface area (Å²) in [6.07, 6.45) is 7.29. The Morgan fingerprint density at radius 2 is 2.12 bits per heavy atom. The van der Waals surface area contributed by atoms with Gasteiger partial charge in [0.25, 0.3) is 0 Å². The number of Topliss-reactive ketones (excluding diaryl/α,β-unsaturated/α-hetero) is 1. The van der Waals surface area contributed by atoms with Crippen LogP contribution in [0.4, 0.5) is 5.82 Å². The number of nitrogens with two attached hydrogens (primary N) is 1. The van der Waals surface area contributed by atoms with E-state index < -0.39 is 0 Å². The highest BCUT2D eigenvalue weighted by Gasteiger charge is 2.24. The Balaban J connectivity index is 1.54. The van der Waals surface area contributed by atoms with E-state index in [1.807, 2.05) is 29.7 Å². The molecule has 164 valence electrons. The second-order valence-electron chi connectivity index (χ2n) is 7.57. The van der Waals surface area contributed by atoms with Crippen LogP contribution < -0.4 is 5.73 Å². The molecule has 0 bridgehead atoms. The van der Waals surface area contributed by atoms with Crippen LogP contribution >= 0.6 is 0 Å². The zero-order chi connectivity index (χ0) is 22.1. The number of carbonyl (C=O) groups is 1. The number of rotatable bonds is 6. The molecule has 5 heterocycles. The maximum Gasteiger partial charge on any atom is 0.247 e. The average molecular weight is 434 g/mol. The molecular weight excluding hydrogens is 412 g/mol. The van der Waals surface area contributed by atoms with Crippen LogP contribution in [-0.2, 0) is 9.47 Å². The highest BCUT2D eigenvalue weighted by atomic mass is 16.6. The first-order chi connectivity index (χ1) is 15.6. The molecule has 32 heavy (non-hydrogen) atoms. The molecule has 1 aliphatic rings. The number of fused-ring (bicyclic) bond motifs is 1. The van der Waals surface area contributed by atoms with Gasteiger partial charge in [-0.3, -0.25) is 4.79 Å². The summed E-state index contributed by atoms with van der Waals surface area (Å²) in [6.45, 7) is 3.55. The fourth-order valence-corrected chi connectivity index (χ4v) is 3.70. The monoisotopic (exact) mass is 434 g/mol. The summed E-state index contributed by atoms with van der Waals surface area (Å²) in [4.78, 5) is 30.6. The summed E-state index contributed by atoms with van der Waals surface area (Å²) < 4.78 is 18.4. The van der Waals surface area contributed by atoms with Crippen LogP contribution in [0.5, 0.6) is 0 Å². The summed E-state index contributed by atoms with van der Waals surface area (Å²) in [5.74, 6) is 0.102. The number of aryl methyl sites for hydroxylation is 1. The molecule has 2 N–H and O–H groups in total. The lowest BCUT2D eigenvalue weighted by atomic mass is 10.1. The molecule has 0 saturated carbocycles. The minimum Gasteiger partial charge on any atom is -0.443 e. The van der Waals surface area contributed by atoms with E-state index in [0.717, 1.165) is 16.9 Å². The van der Waals surface area contributed by atoms with Crippen molar-refractivity contribution in [1.29, 1.82) is 0 Å². The van der Waals surface area contributed by atoms with Crippen molar-refractivity contribution in [2.24, 2.45) is 0 Å². The Bertz CT molecular complexity index is 1260. The molecule has 4 aromatic rings. The number of hydrogen-bond acceptors (Lipinski definition) is 9. The average Bonchev–Trinajstić information content (AvgIpc) is 3.48. The Hall–Kier alpha value is -3.63. The molecule has 0 radical (unpaired) electrons. The first kappa shape index (κ1) is 20.3. The molecule has 0 amide bonds. The fourth-order valence-electron chi connectivity index (χ4n) is 3.70. The molecular formula is C22H22N6O4. The van der Waals surface area contributed by atoms with Crippen molar-refractivity contribution in [2.75, 3.05) is 25.6 Å². The Kier molecular flexibility index (Phi) is 5.38. The predicted octanol–water partition coefficient (Wildman–Crippen LogP) is 2.72. The van der Waals surface area contributed by atoms with E-state index in [1.54, 1.807) is 6.20 Å². The number of oxazole rings is 1. The lowest BCUT2D eigenvalue weighted by molar-refractivity contribution is -0.0902. The maximum atomic E-state index is 13.0. The number of anilines is 1. The van der Waals surface area contributed by atoms with E-state index in [1.165, 1.54) is 12.5 Å². The van der Waals surface area contributed by atoms with Gasteiger partial charge in [0, 0.05) is 30.1 Å². The van der Waals surface area contributed by atoms with Gasteiger partial charge in [-0.15, -0.1) is 0 Å². The normalized spacial score (nSPS) is 16.5. The smallest absolute Gasteiger partial charge is 0.247 e. The van der Waals surface area contributed by atoms with Crippen LogP contribution in [0.2, 0.25) is 0 Å². The van der Waals surface area contributed by atoms with Crippen LogP contribution in [0.1, 0.15) is 29.0 Å². The number of ether oxygens (including phenoxy) is 2. The zero-order valence-corrected chi connectivity index (χ0v) is 17.5. The second kappa shape index (κ2) is 8.48. The van der Waals surface area contributed by atoms with Gasteiger partial charge in [0.05, 0.1) is 32.1 Å². The lowest BCUT2D eigenvalue weighted by Gasteiger charge is -2.22. The third-order valence-corrected chi connectivity index (χ3v) is 5.36. The molecule has 10 heteroatoms. The number of ketones is 1. The summed E-state index contributed by atoms with van der Waals surface area (Å²) in [5, 5.41) is 0. The highest BCUT2D eigenvalue weighted by molar-refractivity contribution is 5.99. The minimum atomic E-state index is -0.204. The van der Waals surface area contributed by atoms with Gasteiger partial charge in [-0.05, 0) is 25.5 Å². The summed E-state index contributed by atoms with van der Waals surface area (Å²) in [7, 11) is 0. The SMILES string of the molecule is Cc1cnc2ccc(-c3nc(C(=O)CCC4COCCO4)c(N)nc3-c3ncco3)cn12. The van der Waals surface area contributed by atoms with Gasteiger partial charge >= 0.3 is 0 Å². The number of nitrogen functional groups attached to an aromatic ring is 1. The van der Waals surface area contributed by atoms with Crippen molar-refractivity contribution < 1.29 is 18.7 Å². The van der Waals surface area contributed by atoms with E-state index in [9.17, 15) is 4.79 Å². The van der Waals surface area contributed by atoms with Gasteiger partial charge in [-0.2, -0.15) is 0 Å². The number of hydrogen-bond donors (Lipinski definition) is 1. The highest BCUT2D eigenvalue weighted by Crippen LogP contribution is 2.31. The topological polar surface area (TPSA) is 131 Å². The Morgan fingerprint density at radius 3 is 2.91 bits per heavy atom. The van der Waals surface area contributed by atoms with E-state index in [4.69, 9.17) is 19.6 Å². The number of carbonyl (C=O) groups excluding carboxylic acids is 1. The van der Waals surface area contributed by atoms with E-state index >= 15 is 0 Å². The van der Waals surface area contributed by atoms with Crippen molar-refractivity contribution in [3.8, 4) is 22.8 Å². The number of aromatic nitrogens is 5. The van der Waals surface area contributed by atoms with Gasteiger partial charge in [-0.1, -0.05) is 0 Å². The Labute approximate surface area is 183 Å². The summed E-state index contributed by atoms with van der Waals surface area (Å²) in [6, 6.07) is 3.75. The second-order valence-corrected chi connectivity index (χ2v) is 7.57. The fraction of sp³-hybridized carbons (Fsp3) is 0.318. The number of imidazole rings is 1. The zero-order valence-electron chi connectivity index (χ0n) is 17.5. The molecule has 1 unspecified atom stereocenters. The standard InChI is InChI=1S/C22H22N6O4/c1-13-10-25-17-5-2-14(11-28(13)17)18-20(22-24-6-7-32-22)27-21(23)19(26-18)16(29)4-3-15-12-30-8-9-31-15/h2,5-7,10-11,15H,3-4,8-9,12H2,1H3,(H2,23,27). The minimum absolute atomic E-state index is 0.0349. The van der Waals surface area contributed by atoms with Gasteiger partial charge in [0.1, 0.15) is 23.3 Å². The van der Waals surface area contributed by atoms with Crippen LogP contribution in [-0.4, -0.2) is 56.0 Å². The van der Waals surface area contributed by atoms with Crippen molar-refractivity contribution in [3.05, 3.63) is 48.4 Å². The molecule has 1 fully saturated rings.